The number of anilines is 1. The molecule has 1 saturated carbocycles. The Balaban J connectivity index is 1.94. The van der Waals surface area contributed by atoms with Crippen molar-refractivity contribution in [2.45, 2.75) is 27.2 Å². The third-order valence-corrected chi connectivity index (χ3v) is 3.80. The van der Waals surface area contributed by atoms with Crippen LogP contribution in [-0.4, -0.2) is 19.1 Å². The average Bonchev–Trinajstić information content (AvgIpc) is 2.97. The fraction of sp³-hybridized carbons (Fsp3) is 0.533. The predicted molar refractivity (Wildman–Crippen MR) is 76.2 cm³/mol. The van der Waals surface area contributed by atoms with Crippen LogP contribution in [-0.2, 0) is 0 Å². The predicted octanol–water partition coefficient (Wildman–Crippen LogP) is 2.44. The molecule has 0 heterocycles. The minimum Gasteiger partial charge on any atom is -0.492 e. The SMILES string of the molecule is CCOc1ccc(C(=O)NCC2CC2(C)C)cc1N. The zero-order chi connectivity index (χ0) is 14.0. The zero-order valence-electron chi connectivity index (χ0n) is 11.8. The zero-order valence-corrected chi connectivity index (χ0v) is 11.8. The molecule has 0 bridgehead atoms. The maximum Gasteiger partial charge on any atom is 0.251 e. The van der Waals surface area contributed by atoms with Gasteiger partial charge in [0.05, 0.1) is 12.3 Å². The van der Waals surface area contributed by atoms with Gasteiger partial charge in [0.1, 0.15) is 5.75 Å². The van der Waals surface area contributed by atoms with Crippen LogP contribution >= 0.6 is 0 Å². The van der Waals surface area contributed by atoms with Crippen LogP contribution in [0.15, 0.2) is 18.2 Å². The first-order valence-electron chi connectivity index (χ1n) is 6.74. The van der Waals surface area contributed by atoms with E-state index >= 15 is 0 Å². The van der Waals surface area contributed by atoms with Crippen LogP contribution in [0.5, 0.6) is 5.75 Å². The second kappa shape index (κ2) is 5.11. The fourth-order valence-electron chi connectivity index (χ4n) is 2.22. The summed E-state index contributed by atoms with van der Waals surface area (Å²) in [6.07, 6.45) is 1.18. The smallest absolute Gasteiger partial charge is 0.251 e. The Hall–Kier alpha value is -1.71. The molecule has 0 aliphatic heterocycles. The van der Waals surface area contributed by atoms with Gasteiger partial charge in [0, 0.05) is 12.1 Å². The van der Waals surface area contributed by atoms with E-state index in [0.717, 1.165) is 6.54 Å². The van der Waals surface area contributed by atoms with Crippen molar-refractivity contribution in [2.24, 2.45) is 11.3 Å². The van der Waals surface area contributed by atoms with Gasteiger partial charge in [-0.2, -0.15) is 0 Å². The van der Waals surface area contributed by atoms with Crippen LogP contribution in [0, 0.1) is 11.3 Å². The van der Waals surface area contributed by atoms with Gasteiger partial charge in [-0.25, -0.2) is 0 Å². The molecule has 3 N–H and O–H groups in total. The van der Waals surface area contributed by atoms with Crippen molar-refractivity contribution in [3.8, 4) is 5.75 Å². The van der Waals surface area contributed by atoms with Gasteiger partial charge in [0.2, 0.25) is 0 Å². The second-order valence-electron chi connectivity index (χ2n) is 5.79. The molecule has 1 atom stereocenters. The van der Waals surface area contributed by atoms with E-state index in [0.29, 0.717) is 34.9 Å². The molecule has 1 aliphatic carbocycles. The highest BCUT2D eigenvalue weighted by Crippen LogP contribution is 2.50. The quantitative estimate of drug-likeness (QED) is 0.801. The Bertz CT molecular complexity index is 483. The number of benzene rings is 1. The first-order valence-corrected chi connectivity index (χ1v) is 6.74. The van der Waals surface area contributed by atoms with Crippen LogP contribution in [0.25, 0.3) is 0 Å². The monoisotopic (exact) mass is 262 g/mol. The van der Waals surface area contributed by atoms with E-state index in [-0.39, 0.29) is 5.91 Å². The third kappa shape index (κ3) is 3.19. The number of nitrogen functional groups attached to an aromatic ring is 1. The lowest BCUT2D eigenvalue weighted by molar-refractivity contribution is 0.0950. The number of hydrogen-bond donors (Lipinski definition) is 2. The van der Waals surface area contributed by atoms with Crippen LogP contribution in [0.3, 0.4) is 0 Å². The molecule has 4 nitrogen and oxygen atoms in total. The van der Waals surface area contributed by atoms with E-state index in [9.17, 15) is 4.79 Å². The van der Waals surface area contributed by atoms with Gasteiger partial charge in [0.15, 0.2) is 0 Å². The van der Waals surface area contributed by atoms with Crippen molar-refractivity contribution in [3.05, 3.63) is 23.8 Å². The second-order valence-corrected chi connectivity index (χ2v) is 5.79. The molecule has 2 rings (SSSR count). The summed E-state index contributed by atoms with van der Waals surface area (Å²) in [6.45, 7) is 7.64. The summed E-state index contributed by atoms with van der Waals surface area (Å²) in [5.74, 6) is 1.15. The molecule has 1 aromatic carbocycles. The lowest BCUT2D eigenvalue weighted by Gasteiger charge is -2.10. The molecule has 1 amide bonds. The minimum absolute atomic E-state index is 0.0718. The first-order chi connectivity index (χ1) is 8.94. The van der Waals surface area contributed by atoms with E-state index in [2.05, 4.69) is 19.2 Å². The largest absolute Gasteiger partial charge is 0.492 e. The minimum atomic E-state index is -0.0718. The fourth-order valence-corrected chi connectivity index (χ4v) is 2.22. The van der Waals surface area contributed by atoms with E-state index in [1.165, 1.54) is 6.42 Å². The van der Waals surface area contributed by atoms with Gasteiger partial charge < -0.3 is 15.8 Å². The van der Waals surface area contributed by atoms with Gasteiger partial charge in [0.25, 0.3) is 5.91 Å². The Morgan fingerprint density at radius 2 is 2.21 bits per heavy atom. The van der Waals surface area contributed by atoms with Crippen molar-refractivity contribution >= 4 is 11.6 Å². The molecule has 1 fully saturated rings. The number of carbonyl (C=O) groups excluding carboxylic acids is 1. The average molecular weight is 262 g/mol. The maximum atomic E-state index is 12.0. The number of ether oxygens (including phenoxy) is 1. The highest BCUT2D eigenvalue weighted by Gasteiger charge is 2.45. The van der Waals surface area contributed by atoms with Gasteiger partial charge in [-0.3, -0.25) is 4.79 Å². The van der Waals surface area contributed by atoms with Gasteiger partial charge in [-0.1, -0.05) is 13.8 Å². The summed E-state index contributed by atoms with van der Waals surface area (Å²) >= 11 is 0. The van der Waals surface area contributed by atoms with E-state index < -0.39 is 0 Å². The Labute approximate surface area is 114 Å². The van der Waals surface area contributed by atoms with E-state index in [4.69, 9.17) is 10.5 Å². The summed E-state index contributed by atoms with van der Waals surface area (Å²) < 4.78 is 5.35. The molecule has 0 saturated heterocycles. The Kier molecular flexibility index (Phi) is 3.69. The first kappa shape index (κ1) is 13.7. The van der Waals surface area contributed by atoms with Crippen LogP contribution in [0.4, 0.5) is 5.69 Å². The molecule has 104 valence electrons. The van der Waals surface area contributed by atoms with Crippen LogP contribution in [0.2, 0.25) is 0 Å². The van der Waals surface area contributed by atoms with E-state index in [1.807, 2.05) is 6.92 Å². The third-order valence-electron chi connectivity index (χ3n) is 3.80. The summed E-state index contributed by atoms with van der Waals surface area (Å²) in [5, 5.41) is 2.96. The molecule has 4 heteroatoms. The highest BCUT2D eigenvalue weighted by molar-refractivity contribution is 5.95. The number of amides is 1. The number of carbonyl (C=O) groups is 1. The lowest BCUT2D eigenvalue weighted by atomic mass is 10.1. The molecule has 0 spiro atoms. The van der Waals surface area contributed by atoms with E-state index in [1.54, 1.807) is 18.2 Å². The van der Waals surface area contributed by atoms with Crippen LogP contribution in [0.1, 0.15) is 37.6 Å². The van der Waals surface area contributed by atoms with Gasteiger partial charge in [-0.05, 0) is 42.9 Å². The molecule has 0 radical (unpaired) electrons. The molecule has 1 unspecified atom stereocenters. The Morgan fingerprint density at radius 3 is 2.74 bits per heavy atom. The molecule has 19 heavy (non-hydrogen) atoms. The summed E-state index contributed by atoms with van der Waals surface area (Å²) in [5.41, 5.74) is 7.32. The van der Waals surface area contributed by atoms with Crippen molar-refractivity contribution in [1.82, 2.24) is 5.32 Å². The molecule has 1 aliphatic rings. The van der Waals surface area contributed by atoms with Gasteiger partial charge in [-0.15, -0.1) is 0 Å². The Morgan fingerprint density at radius 1 is 1.53 bits per heavy atom. The summed E-state index contributed by atoms with van der Waals surface area (Å²) in [6, 6.07) is 5.15. The summed E-state index contributed by atoms with van der Waals surface area (Å²) in [4.78, 5) is 12.0. The van der Waals surface area contributed by atoms with Crippen molar-refractivity contribution < 1.29 is 9.53 Å². The lowest BCUT2D eigenvalue weighted by Crippen LogP contribution is -2.26. The number of nitrogens with one attached hydrogen (secondary N) is 1. The van der Waals surface area contributed by atoms with Crippen molar-refractivity contribution in [3.63, 3.8) is 0 Å². The van der Waals surface area contributed by atoms with Gasteiger partial charge >= 0.3 is 0 Å². The number of nitrogens with two attached hydrogens (primary N) is 1. The van der Waals surface area contributed by atoms with Crippen molar-refractivity contribution in [2.75, 3.05) is 18.9 Å². The topological polar surface area (TPSA) is 64.3 Å². The summed E-state index contributed by atoms with van der Waals surface area (Å²) in [7, 11) is 0. The number of hydrogen-bond acceptors (Lipinski definition) is 3. The standard InChI is InChI=1S/C15H22N2O2/c1-4-19-13-6-5-10(7-12(13)16)14(18)17-9-11-8-15(11,2)3/h5-7,11H,4,8-9,16H2,1-3H3,(H,17,18). The highest BCUT2D eigenvalue weighted by atomic mass is 16.5. The normalized spacial score (nSPS) is 19.8. The van der Waals surface area contributed by atoms with Crippen molar-refractivity contribution in [1.29, 1.82) is 0 Å². The molecular weight excluding hydrogens is 240 g/mol. The van der Waals surface area contributed by atoms with Crippen LogP contribution < -0.4 is 15.8 Å². The molecule has 0 aromatic heterocycles. The molecular formula is C15H22N2O2. The number of rotatable bonds is 5. The molecule has 1 aromatic rings. The maximum absolute atomic E-state index is 12.0.